The van der Waals surface area contributed by atoms with E-state index in [0.29, 0.717) is 5.56 Å². The molecule has 14 heteroatoms. The normalized spacial score (nSPS) is 34.4. The highest BCUT2D eigenvalue weighted by Crippen LogP contribution is 2.41. The van der Waals surface area contributed by atoms with Crippen molar-refractivity contribution in [3.63, 3.8) is 0 Å². The summed E-state index contributed by atoms with van der Waals surface area (Å²) in [6.45, 7) is 0.981. The molecule has 1 aromatic carbocycles. The van der Waals surface area contributed by atoms with E-state index >= 15 is 0 Å². The summed E-state index contributed by atoms with van der Waals surface area (Å²) in [7, 11) is 0. The minimum atomic E-state index is -1.77. The first-order valence-corrected chi connectivity index (χ1v) is 12.0. The van der Waals surface area contributed by atoms with E-state index < -0.39 is 79.5 Å². The second-order valence-electron chi connectivity index (χ2n) is 9.33. The predicted molar refractivity (Wildman–Crippen MR) is 125 cm³/mol. The Kier molecular flexibility index (Phi) is 8.42. The van der Waals surface area contributed by atoms with Crippen molar-refractivity contribution >= 4 is 24.0 Å². The number of phenolic OH excluding ortho intramolecular Hbond substituents is 2. The molecule has 9 atom stereocenters. The maximum Gasteiger partial charge on any atom is 0.335 e. The smallest absolute Gasteiger partial charge is 0.335 e. The quantitative estimate of drug-likeness (QED) is 0.141. The zero-order valence-electron chi connectivity index (χ0n) is 20.5. The minimum absolute atomic E-state index is 0.149. The Morgan fingerprint density at radius 3 is 2.51 bits per heavy atom. The number of aliphatic carboxylic acids is 1. The monoisotopic (exact) mass is 552 g/mol. The number of phenols is 2. The molecule has 0 amide bonds. The van der Waals surface area contributed by atoms with E-state index in [0.717, 1.165) is 12.3 Å². The molecule has 3 heterocycles. The Balaban J connectivity index is 1.41. The topological polar surface area (TPSA) is 219 Å². The van der Waals surface area contributed by atoms with Gasteiger partial charge in [0.1, 0.15) is 37.1 Å². The van der Waals surface area contributed by atoms with Crippen LogP contribution in [0.4, 0.5) is 0 Å². The van der Waals surface area contributed by atoms with E-state index in [4.69, 9.17) is 23.7 Å². The fourth-order valence-corrected chi connectivity index (χ4v) is 4.67. The van der Waals surface area contributed by atoms with Gasteiger partial charge in [0.2, 0.25) is 6.29 Å². The summed E-state index contributed by atoms with van der Waals surface area (Å²) >= 11 is 0. The lowest BCUT2D eigenvalue weighted by Crippen LogP contribution is -2.61. The highest BCUT2D eigenvalue weighted by atomic mass is 16.8. The van der Waals surface area contributed by atoms with Gasteiger partial charge in [-0.3, -0.25) is 4.79 Å². The van der Waals surface area contributed by atoms with E-state index in [1.54, 1.807) is 0 Å². The van der Waals surface area contributed by atoms with Crippen molar-refractivity contribution in [1.29, 1.82) is 0 Å². The number of carbonyl (C=O) groups excluding carboxylic acids is 2. The zero-order valence-corrected chi connectivity index (χ0v) is 20.5. The summed E-state index contributed by atoms with van der Waals surface area (Å²) in [5, 5.41) is 59.5. The van der Waals surface area contributed by atoms with Gasteiger partial charge in [-0.1, -0.05) is 6.07 Å². The van der Waals surface area contributed by atoms with Gasteiger partial charge in [-0.2, -0.15) is 0 Å². The van der Waals surface area contributed by atoms with Crippen molar-refractivity contribution in [2.24, 2.45) is 11.8 Å². The molecule has 2 saturated heterocycles. The molecule has 212 valence electrons. The number of aromatic hydroxyl groups is 2. The van der Waals surface area contributed by atoms with Gasteiger partial charge in [-0.05, 0) is 30.7 Å². The number of aliphatic hydroxyl groups excluding tert-OH is 3. The number of hydrogen-bond acceptors (Lipinski definition) is 13. The first-order chi connectivity index (χ1) is 18.5. The number of carboxylic acid groups (broad SMARTS) is 1. The van der Waals surface area contributed by atoms with E-state index in [1.165, 1.54) is 31.2 Å². The number of carboxylic acids is 1. The Morgan fingerprint density at radius 1 is 1.08 bits per heavy atom. The third-order valence-corrected chi connectivity index (χ3v) is 6.74. The molecule has 2 fully saturated rings. The Bertz CT molecular complexity index is 1160. The molecule has 4 rings (SSSR count). The summed E-state index contributed by atoms with van der Waals surface area (Å²) in [6, 6.07) is 3.88. The second-order valence-corrected chi connectivity index (χ2v) is 9.33. The summed E-state index contributed by atoms with van der Waals surface area (Å²) in [6.07, 6.45) is -7.17. The molecule has 0 spiro atoms. The van der Waals surface area contributed by atoms with Crippen molar-refractivity contribution in [3.05, 3.63) is 41.7 Å². The molecule has 14 nitrogen and oxygen atoms in total. The molecule has 0 saturated carbocycles. The average molecular weight is 552 g/mol. The van der Waals surface area contributed by atoms with Crippen LogP contribution in [0.25, 0.3) is 6.08 Å². The van der Waals surface area contributed by atoms with Gasteiger partial charge >= 0.3 is 17.9 Å². The average Bonchev–Trinajstić information content (AvgIpc) is 2.88. The third-order valence-electron chi connectivity index (χ3n) is 6.74. The summed E-state index contributed by atoms with van der Waals surface area (Å²) in [5.41, 5.74) is 0.237. The fraction of sp³-hybridized carbons (Fsp3) is 0.480. The molecule has 0 bridgehead atoms. The number of hydrogen-bond donors (Lipinski definition) is 6. The summed E-state index contributed by atoms with van der Waals surface area (Å²) in [4.78, 5) is 35.7. The zero-order chi connectivity index (χ0) is 28.4. The molecule has 0 radical (unpaired) electrons. The lowest BCUT2D eigenvalue weighted by molar-refractivity contribution is -0.346. The van der Waals surface area contributed by atoms with Crippen molar-refractivity contribution in [1.82, 2.24) is 0 Å². The number of esters is 2. The maximum atomic E-state index is 12.2. The van der Waals surface area contributed by atoms with Gasteiger partial charge in [0, 0.05) is 12.0 Å². The van der Waals surface area contributed by atoms with Crippen LogP contribution in [0.5, 0.6) is 11.5 Å². The van der Waals surface area contributed by atoms with Gasteiger partial charge in [0.05, 0.1) is 24.2 Å². The molecular formula is C25H28O14. The van der Waals surface area contributed by atoms with Crippen LogP contribution in [0.1, 0.15) is 18.9 Å². The number of carbonyl (C=O) groups is 3. The van der Waals surface area contributed by atoms with Crippen molar-refractivity contribution < 1.29 is 68.7 Å². The third kappa shape index (κ3) is 6.15. The van der Waals surface area contributed by atoms with E-state index in [9.17, 15) is 45.0 Å². The van der Waals surface area contributed by atoms with Gasteiger partial charge in [-0.15, -0.1) is 0 Å². The Morgan fingerprint density at radius 2 is 1.82 bits per heavy atom. The first-order valence-electron chi connectivity index (χ1n) is 12.0. The van der Waals surface area contributed by atoms with Crippen LogP contribution in [-0.4, -0.2) is 98.3 Å². The molecule has 9 unspecified atom stereocenters. The largest absolute Gasteiger partial charge is 0.504 e. The first kappa shape index (κ1) is 28.3. The van der Waals surface area contributed by atoms with E-state index in [1.807, 2.05) is 0 Å². The number of aliphatic hydroxyl groups is 3. The summed E-state index contributed by atoms with van der Waals surface area (Å²) in [5.74, 6) is -5.06. The van der Waals surface area contributed by atoms with Gasteiger partial charge in [0.15, 0.2) is 17.8 Å². The molecule has 39 heavy (non-hydrogen) atoms. The molecular weight excluding hydrogens is 524 g/mol. The predicted octanol–water partition coefficient (Wildman–Crippen LogP) is -0.629. The lowest BCUT2D eigenvalue weighted by Gasteiger charge is -2.45. The van der Waals surface area contributed by atoms with Crippen molar-refractivity contribution in [2.45, 2.75) is 56.4 Å². The molecule has 0 aliphatic carbocycles. The van der Waals surface area contributed by atoms with Gasteiger partial charge in [0.25, 0.3) is 0 Å². The molecule has 0 aromatic heterocycles. The minimum Gasteiger partial charge on any atom is -0.504 e. The fourth-order valence-electron chi connectivity index (χ4n) is 4.67. The standard InChI is InChI=1S/C25H28O14/c1-10-19-12(7-18(29)37-10)13(23(33)34)8-36-24(19)39-25-22(32)21(31)20(30)16(38-25)9-35-17(28)5-3-11-2-4-14(26)15(27)6-11/h2-6,8,10,12,16,19-22,24-27,30-32H,7,9H2,1H3,(H,33,34). The number of cyclic esters (lactones) is 1. The molecule has 6 N–H and O–H groups in total. The van der Waals surface area contributed by atoms with Crippen LogP contribution in [0.2, 0.25) is 0 Å². The maximum absolute atomic E-state index is 12.2. The second kappa shape index (κ2) is 11.6. The molecule has 3 aliphatic heterocycles. The van der Waals surface area contributed by atoms with Crippen LogP contribution in [0, 0.1) is 11.8 Å². The Hall–Kier alpha value is -3.69. The van der Waals surface area contributed by atoms with Crippen molar-refractivity contribution in [2.75, 3.05) is 6.61 Å². The van der Waals surface area contributed by atoms with E-state index in [-0.39, 0.29) is 23.5 Å². The van der Waals surface area contributed by atoms with Crippen LogP contribution in [-0.2, 0) is 38.1 Å². The SMILES string of the molecule is CC1OC(=O)CC2C(C(=O)O)=COC(OC3OC(COC(=O)C=Cc4ccc(O)c(O)c4)C(O)C(O)C3O)C12. The van der Waals surface area contributed by atoms with Crippen LogP contribution in [0.3, 0.4) is 0 Å². The summed E-state index contributed by atoms with van der Waals surface area (Å²) < 4.78 is 27.0. The highest BCUT2D eigenvalue weighted by Gasteiger charge is 2.52. The Labute approximate surface area is 221 Å². The van der Waals surface area contributed by atoms with E-state index in [2.05, 4.69) is 0 Å². The van der Waals surface area contributed by atoms with Crippen LogP contribution < -0.4 is 0 Å². The molecule has 3 aliphatic rings. The number of rotatable bonds is 7. The number of ether oxygens (including phenoxy) is 5. The number of benzene rings is 1. The van der Waals surface area contributed by atoms with Gasteiger partial charge < -0.3 is 54.3 Å². The lowest BCUT2D eigenvalue weighted by atomic mass is 9.77. The van der Waals surface area contributed by atoms with Crippen molar-refractivity contribution in [3.8, 4) is 11.5 Å². The highest BCUT2D eigenvalue weighted by molar-refractivity contribution is 5.88. The van der Waals surface area contributed by atoms with Crippen LogP contribution >= 0.6 is 0 Å². The molecule has 1 aromatic rings. The van der Waals surface area contributed by atoms with Gasteiger partial charge in [-0.25, -0.2) is 9.59 Å². The number of fused-ring (bicyclic) bond motifs is 1. The van der Waals surface area contributed by atoms with Crippen LogP contribution in [0.15, 0.2) is 36.1 Å².